The second-order valence-electron chi connectivity index (χ2n) is 10.0. The highest BCUT2D eigenvalue weighted by atomic mass is 19.1. The summed E-state index contributed by atoms with van der Waals surface area (Å²) in [5, 5.41) is 3.25. The number of amides is 1. The largest absolute Gasteiger partial charge is 0.489 e. The Hall–Kier alpha value is -1.96. The van der Waals surface area contributed by atoms with Crippen molar-refractivity contribution in [2.45, 2.75) is 62.4 Å². The number of methoxy groups -OCH3 is 1. The first kappa shape index (κ1) is 24.2. The molecule has 33 heavy (non-hydrogen) atoms. The molecule has 7 heteroatoms. The molecule has 0 aromatic heterocycles. The minimum Gasteiger partial charge on any atom is -0.489 e. The molecule has 4 aliphatic rings. The maximum atomic E-state index is 13.3. The molecule has 1 amide bonds. The normalized spacial score (nSPS) is 29.0. The summed E-state index contributed by atoms with van der Waals surface area (Å²) < 4.78 is 29.6. The number of hydrogen-bond acceptors (Lipinski definition) is 5. The van der Waals surface area contributed by atoms with Gasteiger partial charge >= 0.3 is 0 Å². The van der Waals surface area contributed by atoms with Gasteiger partial charge in [0.25, 0.3) is 0 Å². The molecule has 1 aromatic carbocycles. The van der Waals surface area contributed by atoms with Crippen molar-refractivity contribution in [3.8, 4) is 5.75 Å². The molecule has 0 atom stereocenters. The van der Waals surface area contributed by atoms with Crippen LogP contribution in [-0.2, 0) is 19.7 Å². The Balaban J connectivity index is 1.34. The van der Waals surface area contributed by atoms with Crippen molar-refractivity contribution in [3.63, 3.8) is 0 Å². The standard InChI is InChI=1S/C26H37FN2O4/c1-31-26(12-14-32-15-13-26)19-29-23(30)25-9-6-24(7-10-25,8-11-25)21-2-4-22(5-3-21)33-18-20(16-27)17-28/h2-5,16H,6-15,17-19,28H2,1H3,(H,29,30)/b20-16+. The molecule has 2 bridgehead atoms. The Morgan fingerprint density at radius 1 is 1.09 bits per heavy atom. The van der Waals surface area contributed by atoms with E-state index in [2.05, 4.69) is 17.4 Å². The Labute approximate surface area is 196 Å². The Morgan fingerprint density at radius 2 is 1.73 bits per heavy atom. The molecular formula is C26H37FN2O4. The van der Waals surface area contributed by atoms with Crippen LogP contribution in [0.25, 0.3) is 0 Å². The van der Waals surface area contributed by atoms with E-state index in [1.165, 1.54) is 5.56 Å². The lowest BCUT2D eigenvalue weighted by molar-refractivity contribution is -0.141. The van der Waals surface area contributed by atoms with Crippen molar-refractivity contribution in [2.24, 2.45) is 11.1 Å². The second kappa shape index (κ2) is 10.1. The summed E-state index contributed by atoms with van der Waals surface area (Å²) in [6, 6.07) is 8.17. The third-order valence-electron chi connectivity index (χ3n) is 8.44. The zero-order valence-corrected chi connectivity index (χ0v) is 19.7. The van der Waals surface area contributed by atoms with Crippen molar-refractivity contribution in [1.82, 2.24) is 5.32 Å². The number of ether oxygens (including phenoxy) is 3. The van der Waals surface area contributed by atoms with Crippen LogP contribution >= 0.6 is 0 Å². The van der Waals surface area contributed by atoms with Crippen LogP contribution in [0.1, 0.15) is 56.9 Å². The molecule has 3 aliphatic carbocycles. The third kappa shape index (κ3) is 4.96. The predicted octanol–water partition coefficient (Wildman–Crippen LogP) is 3.78. The number of fused-ring (bicyclic) bond motifs is 3. The Kier molecular flexibility index (Phi) is 7.41. The predicted molar refractivity (Wildman–Crippen MR) is 125 cm³/mol. The van der Waals surface area contributed by atoms with Crippen molar-refractivity contribution in [2.75, 3.05) is 40.0 Å². The quantitative estimate of drug-likeness (QED) is 0.586. The van der Waals surface area contributed by atoms with Gasteiger partial charge < -0.3 is 25.3 Å². The molecule has 0 unspecified atom stereocenters. The van der Waals surface area contributed by atoms with E-state index in [4.69, 9.17) is 19.9 Å². The number of nitrogens with two attached hydrogens (primary N) is 1. The van der Waals surface area contributed by atoms with Gasteiger partial charge in [-0.3, -0.25) is 4.79 Å². The fourth-order valence-corrected chi connectivity index (χ4v) is 5.80. The van der Waals surface area contributed by atoms with E-state index in [0.717, 1.165) is 51.4 Å². The summed E-state index contributed by atoms with van der Waals surface area (Å²) in [6.45, 7) is 2.23. The fourth-order valence-electron chi connectivity index (χ4n) is 5.80. The maximum absolute atomic E-state index is 13.3. The molecule has 0 radical (unpaired) electrons. The molecule has 4 fully saturated rings. The maximum Gasteiger partial charge on any atom is 0.226 e. The van der Waals surface area contributed by atoms with Gasteiger partial charge in [0.05, 0.1) is 11.9 Å². The monoisotopic (exact) mass is 460 g/mol. The average molecular weight is 461 g/mol. The van der Waals surface area contributed by atoms with Crippen LogP contribution in [0.3, 0.4) is 0 Å². The summed E-state index contributed by atoms with van der Waals surface area (Å²) in [5.41, 5.74) is 6.81. The molecule has 1 aliphatic heterocycles. The van der Waals surface area contributed by atoms with Crippen LogP contribution in [0.4, 0.5) is 4.39 Å². The molecule has 1 saturated heterocycles. The number of nitrogens with one attached hydrogen (secondary N) is 1. The van der Waals surface area contributed by atoms with Crippen LogP contribution in [0.5, 0.6) is 5.75 Å². The number of carbonyl (C=O) groups excluding carboxylic acids is 1. The molecular weight excluding hydrogens is 423 g/mol. The highest BCUT2D eigenvalue weighted by Crippen LogP contribution is 2.58. The molecule has 3 saturated carbocycles. The van der Waals surface area contributed by atoms with E-state index in [0.29, 0.717) is 37.4 Å². The van der Waals surface area contributed by atoms with E-state index in [1.54, 1.807) is 7.11 Å². The van der Waals surface area contributed by atoms with Gasteiger partial charge in [0.15, 0.2) is 0 Å². The second-order valence-corrected chi connectivity index (χ2v) is 10.0. The van der Waals surface area contributed by atoms with Crippen LogP contribution in [-0.4, -0.2) is 51.5 Å². The van der Waals surface area contributed by atoms with Gasteiger partial charge in [-0.05, 0) is 61.6 Å². The van der Waals surface area contributed by atoms with Crippen molar-refractivity contribution in [3.05, 3.63) is 41.7 Å². The van der Waals surface area contributed by atoms with Crippen molar-refractivity contribution < 1.29 is 23.4 Å². The Bertz CT molecular complexity index is 824. The fraction of sp³-hybridized carbons (Fsp3) is 0.654. The average Bonchev–Trinajstić information content (AvgIpc) is 2.90. The van der Waals surface area contributed by atoms with Gasteiger partial charge in [0.1, 0.15) is 12.4 Å². The van der Waals surface area contributed by atoms with Gasteiger partial charge in [-0.2, -0.15) is 0 Å². The van der Waals surface area contributed by atoms with Gasteiger partial charge in [0, 0.05) is 57.2 Å². The number of carbonyl (C=O) groups is 1. The van der Waals surface area contributed by atoms with Crippen molar-refractivity contribution >= 4 is 5.91 Å². The Morgan fingerprint density at radius 3 is 2.27 bits per heavy atom. The zero-order chi connectivity index (χ0) is 23.4. The first-order valence-corrected chi connectivity index (χ1v) is 12.1. The summed E-state index contributed by atoms with van der Waals surface area (Å²) >= 11 is 0. The first-order chi connectivity index (χ1) is 16.0. The lowest BCUT2D eigenvalue weighted by atomic mass is 9.51. The number of benzene rings is 1. The van der Waals surface area contributed by atoms with Gasteiger partial charge in [-0.1, -0.05) is 12.1 Å². The molecule has 5 rings (SSSR count). The van der Waals surface area contributed by atoms with E-state index >= 15 is 0 Å². The lowest BCUT2D eigenvalue weighted by Gasteiger charge is -2.53. The molecule has 1 aromatic rings. The lowest BCUT2D eigenvalue weighted by Crippen LogP contribution is -2.55. The van der Waals surface area contributed by atoms with Gasteiger partial charge in [0.2, 0.25) is 5.91 Å². The SMILES string of the molecule is COC1(CNC(=O)C23CCC(c4ccc(OC/C(=C/F)CN)cc4)(CC2)CC3)CCOCC1. The van der Waals surface area contributed by atoms with Crippen LogP contribution in [0.2, 0.25) is 0 Å². The van der Waals surface area contributed by atoms with E-state index in [1.807, 2.05) is 12.1 Å². The highest BCUT2D eigenvalue weighted by Gasteiger charge is 2.53. The van der Waals surface area contributed by atoms with Gasteiger partial charge in [-0.15, -0.1) is 0 Å². The van der Waals surface area contributed by atoms with Crippen LogP contribution in [0.15, 0.2) is 36.2 Å². The smallest absolute Gasteiger partial charge is 0.226 e. The van der Waals surface area contributed by atoms with E-state index < -0.39 is 0 Å². The topological polar surface area (TPSA) is 82.8 Å². The minimum atomic E-state index is -0.299. The van der Waals surface area contributed by atoms with E-state index in [-0.39, 0.29) is 35.5 Å². The summed E-state index contributed by atoms with van der Waals surface area (Å²) in [6.07, 6.45) is 7.96. The van der Waals surface area contributed by atoms with Gasteiger partial charge in [-0.25, -0.2) is 4.39 Å². The third-order valence-corrected chi connectivity index (χ3v) is 8.44. The number of halogens is 1. The molecule has 0 spiro atoms. The molecule has 6 nitrogen and oxygen atoms in total. The van der Waals surface area contributed by atoms with Crippen molar-refractivity contribution in [1.29, 1.82) is 0 Å². The van der Waals surface area contributed by atoms with E-state index in [9.17, 15) is 9.18 Å². The molecule has 1 heterocycles. The summed E-state index contributed by atoms with van der Waals surface area (Å²) in [7, 11) is 1.73. The summed E-state index contributed by atoms with van der Waals surface area (Å²) in [4.78, 5) is 13.3. The zero-order valence-electron chi connectivity index (χ0n) is 19.7. The number of rotatable bonds is 9. The minimum absolute atomic E-state index is 0.135. The number of hydrogen-bond donors (Lipinski definition) is 2. The van der Waals surface area contributed by atoms with Crippen LogP contribution < -0.4 is 15.8 Å². The first-order valence-electron chi connectivity index (χ1n) is 12.1. The molecule has 3 N–H and O–H groups in total. The van der Waals surface area contributed by atoms with Crippen LogP contribution in [0, 0.1) is 5.41 Å². The molecule has 182 valence electrons. The summed E-state index contributed by atoms with van der Waals surface area (Å²) in [5.74, 6) is 0.905. The highest BCUT2D eigenvalue weighted by molar-refractivity contribution is 5.83.